The first-order valence-electron chi connectivity index (χ1n) is 10.0. The fourth-order valence-electron chi connectivity index (χ4n) is 4.09. The van der Waals surface area contributed by atoms with Crippen molar-refractivity contribution < 1.29 is 9.32 Å². The first kappa shape index (κ1) is 20.0. The van der Waals surface area contributed by atoms with Gasteiger partial charge in [-0.05, 0) is 25.0 Å². The quantitative estimate of drug-likeness (QED) is 0.643. The van der Waals surface area contributed by atoms with E-state index in [4.69, 9.17) is 4.52 Å². The van der Waals surface area contributed by atoms with E-state index in [0.717, 1.165) is 30.3 Å². The minimum atomic E-state index is -0.735. The van der Waals surface area contributed by atoms with Gasteiger partial charge in [-0.1, -0.05) is 30.8 Å². The Morgan fingerprint density at radius 2 is 1.77 bits per heavy atom. The molecular formula is C20H24N6O4. The standard InChI is InChI=1S/C20H24N6O4/c1-12-21-18(24-30-12)20(10-6-4-5-7-11-20)23-16(27)14-9-8-13-15(22-14)25(2)19(29)26(3)17(13)28/h8-9H,4-7,10-11H2,1-3H3,(H,23,27). The Labute approximate surface area is 171 Å². The molecule has 0 radical (unpaired) electrons. The van der Waals surface area contributed by atoms with Gasteiger partial charge in [-0.25, -0.2) is 9.78 Å². The SMILES string of the molecule is Cc1nc(C2(NC(=O)c3ccc4c(=O)n(C)c(=O)n(C)c4n3)CCCCCC2)no1. The molecule has 4 rings (SSSR count). The highest BCUT2D eigenvalue weighted by atomic mass is 16.5. The number of rotatable bonds is 3. The van der Waals surface area contributed by atoms with Crippen molar-refractivity contribution in [3.05, 3.63) is 50.4 Å². The molecule has 1 fully saturated rings. The predicted molar refractivity (Wildman–Crippen MR) is 108 cm³/mol. The van der Waals surface area contributed by atoms with Gasteiger partial charge in [0, 0.05) is 21.0 Å². The van der Waals surface area contributed by atoms with Crippen LogP contribution in [0.1, 0.15) is 60.7 Å². The Bertz CT molecular complexity index is 1230. The molecule has 30 heavy (non-hydrogen) atoms. The number of aryl methyl sites for hydroxylation is 2. The van der Waals surface area contributed by atoms with Gasteiger partial charge >= 0.3 is 5.69 Å². The van der Waals surface area contributed by atoms with Crippen molar-refractivity contribution in [2.45, 2.75) is 51.0 Å². The summed E-state index contributed by atoms with van der Waals surface area (Å²) in [5, 5.41) is 7.44. The molecule has 158 valence electrons. The molecule has 10 heteroatoms. The Morgan fingerprint density at radius 3 is 2.40 bits per heavy atom. The molecular weight excluding hydrogens is 388 g/mol. The molecule has 0 aliphatic heterocycles. The zero-order valence-corrected chi connectivity index (χ0v) is 17.3. The number of hydrogen-bond acceptors (Lipinski definition) is 7. The van der Waals surface area contributed by atoms with E-state index in [1.807, 2.05) is 0 Å². The van der Waals surface area contributed by atoms with Crippen molar-refractivity contribution >= 4 is 16.9 Å². The van der Waals surface area contributed by atoms with E-state index in [-0.39, 0.29) is 16.7 Å². The van der Waals surface area contributed by atoms with E-state index in [2.05, 4.69) is 20.4 Å². The van der Waals surface area contributed by atoms with Crippen LogP contribution in [-0.4, -0.2) is 30.2 Å². The monoisotopic (exact) mass is 412 g/mol. The number of pyridine rings is 1. The number of carbonyl (C=O) groups excluding carboxylic acids is 1. The molecule has 0 unspecified atom stereocenters. The van der Waals surface area contributed by atoms with Crippen molar-refractivity contribution in [3.8, 4) is 0 Å². The largest absolute Gasteiger partial charge is 0.340 e. The van der Waals surface area contributed by atoms with E-state index in [0.29, 0.717) is 24.6 Å². The van der Waals surface area contributed by atoms with E-state index >= 15 is 0 Å². The highest BCUT2D eigenvalue weighted by molar-refractivity contribution is 5.94. The van der Waals surface area contributed by atoms with Crippen LogP contribution in [0.2, 0.25) is 0 Å². The van der Waals surface area contributed by atoms with Crippen LogP contribution >= 0.6 is 0 Å². The Hall–Kier alpha value is -3.30. The first-order chi connectivity index (χ1) is 14.3. The zero-order valence-electron chi connectivity index (χ0n) is 17.3. The van der Waals surface area contributed by atoms with E-state index in [1.165, 1.54) is 30.8 Å². The lowest BCUT2D eigenvalue weighted by molar-refractivity contribution is 0.0871. The highest BCUT2D eigenvalue weighted by Crippen LogP contribution is 2.34. The minimum absolute atomic E-state index is 0.120. The van der Waals surface area contributed by atoms with Gasteiger partial charge < -0.3 is 9.84 Å². The first-order valence-corrected chi connectivity index (χ1v) is 10.0. The van der Waals surface area contributed by atoms with Crippen LogP contribution in [0, 0.1) is 6.92 Å². The molecule has 3 heterocycles. The molecule has 1 N–H and O–H groups in total. The summed E-state index contributed by atoms with van der Waals surface area (Å²) in [5.41, 5.74) is -1.40. The smallest absolute Gasteiger partial charge is 0.332 e. The second-order valence-corrected chi connectivity index (χ2v) is 7.86. The third-order valence-electron chi connectivity index (χ3n) is 5.80. The molecule has 0 aromatic carbocycles. The number of nitrogens with zero attached hydrogens (tertiary/aromatic N) is 5. The predicted octanol–water partition coefficient (Wildman–Crippen LogP) is 1.30. The van der Waals surface area contributed by atoms with E-state index in [1.54, 1.807) is 6.92 Å². The zero-order chi connectivity index (χ0) is 21.5. The number of nitrogens with one attached hydrogen (secondary N) is 1. The number of fused-ring (bicyclic) bond motifs is 1. The van der Waals surface area contributed by atoms with E-state index < -0.39 is 22.7 Å². The fraction of sp³-hybridized carbons (Fsp3) is 0.500. The van der Waals surface area contributed by atoms with Crippen molar-refractivity contribution in [1.29, 1.82) is 0 Å². The van der Waals surface area contributed by atoms with Crippen LogP contribution in [0.3, 0.4) is 0 Å². The summed E-state index contributed by atoms with van der Waals surface area (Å²) < 4.78 is 7.46. The summed E-state index contributed by atoms with van der Waals surface area (Å²) in [6.07, 6.45) is 5.42. The molecule has 0 saturated heterocycles. The van der Waals surface area contributed by atoms with Gasteiger partial charge in [-0.3, -0.25) is 18.7 Å². The molecule has 0 bridgehead atoms. The van der Waals surface area contributed by atoms with E-state index in [9.17, 15) is 14.4 Å². The summed E-state index contributed by atoms with van der Waals surface area (Å²) in [4.78, 5) is 46.5. The molecule has 3 aromatic heterocycles. The van der Waals surface area contributed by atoms with Gasteiger partial charge in [0.1, 0.15) is 16.9 Å². The molecule has 1 aliphatic rings. The lowest BCUT2D eigenvalue weighted by atomic mass is 9.89. The maximum Gasteiger partial charge on any atom is 0.332 e. The van der Waals surface area contributed by atoms with Crippen molar-refractivity contribution in [1.82, 2.24) is 29.6 Å². The molecule has 3 aromatic rings. The van der Waals surface area contributed by atoms with Gasteiger partial charge in [-0.2, -0.15) is 4.98 Å². The Balaban J connectivity index is 1.75. The summed E-state index contributed by atoms with van der Waals surface area (Å²) in [6.45, 7) is 1.72. The van der Waals surface area contributed by atoms with Gasteiger partial charge in [0.25, 0.3) is 11.5 Å². The third-order valence-corrected chi connectivity index (χ3v) is 5.80. The van der Waals surface area contributed by atoms with Gasteiger partial charge in [0.15, 0.2) is 5.82 Å². The summed E-state index contributed by atoms with van der Waals surface area (Å²) in [7, 11) is 2.93. The molecule has 0 atom stereocenters. The second-order valence-electron chi connectivity index (χ2n) is 7.86. The molecule has 1 aliphatic carbocycles. The average Bonchev–Trinajstić information content (AvgIpc) is 3.05. The van der Waals surface area contributed by atoms with Crippen LogP contribution in [0.4, 0.5) is 0 Å². The van der Waals surface area contributed by atoms with Crippen molar-refractivity contribution in [2.24, 2.45) is 14.1 Å². The normalized spacial score (nSPS) is 16.4. The van der Waals surface area contributed by atoms with Crippen LogP contribution in [0.25, 0.3) is 11.0 Å². The topological polar surface area (TPSA) is 125 Å². The number of carbonyl (C=O) groups is 1. The summed E-state index contributed by atoms with van der Waals surface area (Å²) in [5.74, 6) is 0.504. The second kappa shape index (κ2) is 7.51. The van der Waals surface area contributed by atoms with Gasteiger partial charge in [-0.15, -0.1) is 0 Å². The molecule has 1 saturated carbocycles. The maximum absolute atomic E-state index is 13.2. The third kappa shape index (κ3) is 3.31. The van der Waals surface area contributed by atoms with Gasteiger partial charge in [0.2, 0.25) is 5.89 Å². The molecule has 10 nitrogen and oxygen atoms in total. The lowest BCUT2D eigenvalue weighted by Gasteiger charge is -2.30. The molecule has 1 amide bonds. The van der Waals surface area contributed by atoms with Crippen LogP contribution < -0.4 is 16.6 Å². The number of aromatic nitrogens is 5. The van der Waals surface area contributed by atoms with Crippen LogP contribution in [-0.2, 0) is 19.6 Å². The van der Waals surface area contributed by atoms with Gasteiger partial charge in [0.05, 0.1) is 5.39 Å². The summed E-state index contributed by atoms with van der Waals surface area (Å²) >= 11 is 0. The van der Waals surface area contributed by atoms with Crippen LogP contribution in [0.15, 0.2) is 26.2 Å². The maximum atomic E-state index is 13.2. The Kier molecular flexibility index (Phi) is 5.00. The molecule has 0 spiro atoms. The van der Waals surface area contributed by atoms with Crippen molar-refractivity contribution in [3.63, 3.8) is 0 Å². The highest BCUT2D eigenvalue weighted by Gasteiger charge is 2.39. The number of hydrogen-bond donors (Lipinski definition) is 1. The number of amides is 1. The minimum Gasteiger partial charge on any atom is -0.340 e. The Morgan fingerprint density at radius 1 is 1.07 bits per heavy atom. The summed E-state index contributed by atoms with van der Waals surface area (Å²) in [6, 6.07) is 3.02. The average molecular weight is 412 g/mol. The fourth-order valence-corrected chi connectivity index (χ4v) is 4.09. The van der Waals surface area contributed by atoms with Crippen molar-refractivity contribution in [2.75, 3.05) is 0 Å². The lowest BCUT2D eigenvalue weighted by Crippen LogP contribution is -2.47. The van der Waals surface area contributed by atoms with Crippen LogP contribution in [0.5, 0.6) is 0 Å².